The van der Waals surface area contributed by atoms with Crippen molar-refractivity contribution in [3.8, 4) is 11.5 Å². The lowest BCUT2D eigenvalue weighted by Crippen LogP contribution is -2.04. The van der Waals surface area contributed by atoms with E-state index >= 15 is 0 Å². The van der Waals surface area contributed by atoms with Crippen molar-refractivity contribution in [3.05, 3.63) is 60.2 Å². The van der Waals surface area contributed by atoms with Crippen molar-refractivity contribution in [2.24, 2.45) is 5.90 Å². The van der Waals surface area contributed by atoms with E-state index in [1.54, 1.807) is 6.07 Å². The van der Waals surface area contributed by atoms with E-state index < -0.39 is 0 Å². The first kappa shape index (κ1) is 10.5. The summed E-state index contributed by atoms with van der Waals surface area (Å²) in [5.41, 5.74) is 1.11. The Morgan fingerprint density at radius 1 is 0.812 bits per heavy atom. The molecule has 2 N–H and O–H groups in total. The molecule has 2 aromatic rings. The standard InChI is InChI=1S/C13H13NO2/c14-16-13-9-5-4-8-12(13)15-10-11-6-2-1-3-7-11/h1-9H,10,14H2. The molecule has 0 radical (unpaired) electrons. The van der Waals surface area contributed by atoms with Gasteiger partial charge in [-0.15, -0.1) is 0 Å². The van der Waals surface area contributed by atoms with Gasteiger partial charge in [0, 0.05) is 0 Å². The molecule has 0 atom stereocenters. The zero-order chi connectivity index (χ0) is 11.2. The summed E-state index contributed by atoms with van der Waals surface area (Å²) >= 11 is 0. The Morgan fingerprint density at radius 3 is 2.12 bits per heavy atom. The van der Waals surface area contributed by atoms with Gasteiger partial charge in [-0.25, -0.2) is 0 Å². The molecule has 3 nitrogen and oxygen atoms in total. The first-order chi connectivity index (χ1) is 7.90. The minimum atomic E-state index is 0.501. The number of hydrogen-bond donors (Lipinski definition) is 1. The number of ether oxygens (including phenoxy) is 1. The third-order valence-corrected chi connectivity index (χ3v) is 2.21. The van der Waals surface area contributed by atoms with Gasteiger partial charge in [-0.2, -0.15) is 5.90 Å². The minimum absolute atomic E-state index is 0.501. The molecular weight excluding hydrogens is 202 g/mol. The fraction of sp³-hybridized carbons (Fsp3) is 0.0769. The van der Waals surface area contributed by atoms with Crippen LogP contribution in [0.15, 0.2) is 54.6 Å². The number of rotatable bonds is 4. The van der Waals surface area contributed by atoms with Gasteiger partial charge in [0.1, 0.15) is 6.61 Å². The minimum Gasteiger partial charge on any atom is -0.485 e. The van der Waals surface area contributed by atoms with E-state index in [2.05, 4.69) is 0 Å². The largest absolute Gasteiger partial charge is 0.485 e. The molecule has 2 aromatic carbocycles. The quantitative estimate of drug-likeness (QED) is 0.797. The maximum Gasteiger partial charge on any atom is 0.188 e. The van der Waals surface area contributed by atoms with Gasteiger partial charge in [-0.3, -0.25) is 0 Å². The second kappa shape index (κ2) is 5.19. The molecule has 0 saturated heterocycles. The van der Waals surface area contributed by atoms with Gasteiger partial charge in [0.25, 0.3) is 0 Å². The molecule has 0 aliphatic carbocycles. The Morgan fingerprint density at radius 2 is 1.44 bits per heavy atom. The van der Waals surface area contributed by atoms with Gasteiger partial charge in [-0.05, 0) is 17.7 Å². The number of benzene rings is 2. The lowest BCUT2D eigenvalue weighted by atomic mass is 10.2. The zero-order valence-electron chi connectivity index (χ0n) is 8.80. The number of para-hydroxylation sites is 2. The molecule has 3 heteroatoms. The van der Waals surface area contributed by atoms with E-state index in [0.717, 1.165) is 5.56 Å². The van der Waals surface area contributed by atoms with Crippen molar-refractivity contribution in [3.63, 3.8) is 0 Å². The average Bonchev–Trinajstić information content (AvgIpc) is 2.38. The summed E-state index contributed by atoms with van der Waals surface area (Å²) in [5, 5.41) is 0. The molecule has 2 rings (SSSR count). The summed E-state index contributed by atoms with van der Waals surface area (Å²) < 4.78 is 5.61. The van der Waals surface area contributed by atoms with Crippen LogP contribution in [0.3, 0.4) is 0 Å². The predicted octanol–water partition coefficient (Wildman–Crippen LogP) is 2.52. The molecule has 0 amide bonds. The summed E-state index contributed by atoms with van der Waals surface area (Å²) in [4.78, 5) is 4.71. The van der Waals surface area contributed by atoms with Crippen LogP contribution in [-0.4, -0.2) is 0 Å². The van der Waals surface area contributed by atoms with Gasteiger partial charge >= 0.3 is 0 Å². The molecule has 82 valence electrons. The van der Waals surface area contributed by atoms with Crippen LogP contribution in [-0.2, 0) is 6.61 Å². The van der Waals surface area contributed by atoms with Crippen LogP contribution < -0.4 is 15.5 Å². The molecule has 0 aliphatic heterocycles. The highest BCUT2D eigenvalue weighted by atomic mass is 16.6. The third kappa shape index (κ3) is 2.52. The number of nitrogens with two attached hydrogens (primary N) is 1. The van der Waals surface area contributed by atoms with Gasteiger partial charge in [0.15, 0.2) is 11.5 Å². The molecule has 0 aliphatic rings. The van der Waals surface area contributed by atoms with Crippen LogP contribution >= 0.6 is 0 Å². The molecule has 0 fully saturated rings. The SMILES string of the molecule is NOc1ccccc1OCc1ccccc1. The van der Waals surface area contributed by atoms with E-state index in [0.29, 0.717) is 18.1 Å². The maximum absolute atomic E-state index is 5.61. The third-order valence-electron chi connectivity index (χ3n) is 2.21. The lowest BCUT2D eigenvalue weighted by molar-refractivity contribution is 0.266. The Kier molecular flexibility index (Phi) is 3.41. The molecule has 0 bridgehead atoms. The van der Waals surface area contributed by atoms with Crippen LogP contribution in [0.25, 0.3) is 0 Å². The van der Waals surface area contributed by atoms with Crippen LogP contribution in [0.5, 0.6) is 11.5 Å². The molecule has 0 unspecified atom stereocenters. The fourth-order valence-electron chi connectivity index (χ4n) is 1.40. The van der Waals surface area contributed by atoms with Gasteiger partial charge in [-0.1, -0.05) is 42.5 Å². The van der Waals surface area contributed by atoms with Crippen molar-refractivity contribution >= 4 is 0 Å². The van der Waals surface area contributed by atoms with E-state index in [4.69, 9.17) is 15.5 Å². The molecule has 0 saturated carbocycles. The monoisotopic (exact) mass is 215 g/mol. The topological polar surface area (TPSA) is 44.5 Å². The summed E-state index contributed by atoms with van der Waals surface area (Å²) in [6.45, 7) is 0.501. The zero-order valence-corrected chi connectivity index (χ0v) is 8.80. The van der Waals surface area contributed by atoms with Crippen LogP contribution in [0.4, 0.5) is 0 Å². The predicted molar refractivity (Wildman–Crippen MR) is 62.0 cm³/mol. The molecule has 0 spiro atoms. The first-order valence-electron chi connectivity index (χ1n) is 5.02. The highest BCUT2D eigenvalue weighted by Gasteiger charge is 2.02. The number of hydrogen-bond acceptors (Lipinski definition) is 3. The second-order valence-corrected chi connectivity index (χ2v) is 3.34. The van der Waals surface area contributed by atoms with Crippen LogP contribution in [0, 0.1) is 0 Å². The van der Waals surface area contributed by atoms with Crippen molar-refractivity contribution in [2.75, 3.05) is 0 Å². The van der Waals surface area contributed by atoms with E-state index in [9.17, 15) is 0 Å². The Labute approximate surface area is 94.4 Å². The molecule has 0 aromatic heterocycles. The van der Waals surface area contributed by atoms with E-state index in [1.807, 2.05) is 48.5 Å². The van der Waals surface area contributed by atoms with E-state index in [1.165, 1.54) is 0 Å². The molecule has 0 heterocycles. The van der Waals surface area contributed by atoms with Gasteiger partial charge in [0.2, 0.25) is 0 Å². The summed E-state index contributed by atoms with van der Waals surface area (Å²) in [5.74, 6) is 6.33. The van der Waals surface area contributed by atoms with Gasteiger partial charge in [0.05, 0.1) is 0 Å². The van der Waals surface area contributed by atoms with Gasteiger partial charge < -0.3 is 9.57 Å². The Balaban J connectivity index is 2.05. The molecular formula is C13H13NO2. The van der Waals surface area contributed by atoms with Crippen LogP contribution in [0.1, 0.15) is 5.56 Å². The Bertz CT molecular complexity index is 443. The maximum atomic E-state index is 5.61. The summed E-state index contributed by atoms with van der Waals surface area (Å²) in [6.07, 6.45) is 0. The Hall–Kier alpha value is -2.00. The van der Waals surface area contributed by atoms with Crippen molar-refractivity contribution in [2.45, 2.75) is 6.61 Å². The van der Waals surface area contributed by atoms with Crippen molar-refractivity contribution in [1.29, 1.82) is 0 Å². The average molecular weight is 215 g/mol. The lowest BCUT2D eigenvalue weighted by Gasteiger charge is -2.09. The van der Waals surface area contributed by atoms with Crippen LogP contribution in [0.2, 0.25) is 0 Å². The normalized spacial score (nSPS) is 9.81. The second-order valence-electron chi connectivity index (χ2n) is 3.34. The highest BCUT2D eigenvalue weighted by Crippen LogP contribution is 2.25. The van der Waals surface area contributed by atoms with Crippen molar-refractivity contribution in [1.82, 2.24) is 0 Å². The fourth-order valence-corrected chi connectivity index (χ4v) is 1.40. The summed E-state index contributed by atoms with van der Waals surface area (Å²) in [6, 6.07) is 17.2. The first-order valence-corrected chi connectivity index (χ1v) is 5.02. The molecule has 16 heavy (non-hydrogen) atoms. The highest BCUT2D eigenvalue weighted by molar-refractivity contribution is 5.39. The van der Waals surface area contributed by atoms with E-state index in [-0.39, 0.29) is 0 Å². The smallest absolute Gasteiger partial charge is 0.188 e. The van der Waals surface area contributed by atoms with Crippen molar-refractivity contribution < 1.29 is 9.57 Å². The summed E-state index contributed by atoms with van der Waals surface area (Å²) in [7, 11) is 0.